The predicted molar refractivity (Wildman–Crippen MR) is 395 cm³/mol. The van der Waals surface area contributed by atoms with Crippen LogP contribution in [0.4, 0.5) is 0 Å². The summed E-state index contributed by atoms with van der Waals surface area (Å²) in [5.74, 6) is -1.31. The second-order valence-electron chi connectivity index (χ2n) is 28.6. The summed E-state index contributed by atoms with van der Waals surface area (Å²) < 4.78 is 68.3. The number of ether oxygens (including phenoxy) is 4. The first-order valence-corrected chi connectivity index (χ1v) is 43.6. The quantitative estimate of drug-likeness (QED) is 0.0222. The first-order chi connectivity index (χ1) is 47.0. The third-order valence-corrected chi connectivity index (χ3v) is 20.2. The molecule has 0 amide bonds. The van der Waals surface area contributed by atoms with E-state index < -0.39 is 97.5 Å². The predicted octanol–water partition coefficient (Wildman–Crippen LogP) is 23.3. The van der Waals surface area contributed by atoms with Gasteiger partial charge in [-0.2, -0.15) is 0 Å². The molecule has 97 heavy (non-hydrogen) atoms. The van der Waals surface area contributed by atoms with Crippen LogP contribution in [0.25, 0.3) is 0 Å². The van der Waals surface area contributed by atoms with Gasteiger partial charge in [-0.05, 0) is 31.6 Å². The number of esters is 4. The number of phosphoric acid groups is 2. The first-order valence-electron chi connectivity index (χ1n) is 40.6. The van der Waals surface area contributed by atoms with Crippen LogP contribution in [0.5, 0.6) is 0 Å². The summed E-state index contributed by atoms with van der Waals surface area (Å²) in [6.45, 7) is 7.24. The molecular formula is C78H152O17P2. The highest BCUT2D eigenvalue weighted by atomic mass is 31.2. The first kappa shape index (κ1) is 95.1. The lowest BCUT2D eigenvalue weighted by Crippen LogP contribution is -2.30. The Labute approximate surface area is 594 Å². The topological polar surface area (TPSA) is 237 Å². The molecule has 0 radical (unpaired) electrons. The molecule has 0 aliphatic rings. The van der Waals surface area contributed by atoms with Gasteiger partial charge in [-0.25, -0.2) is 9.13 Å². The molecule has 0 saturated heterocycles. The number of hydrogen-bond acceptors (Lipinski definition) is 15. The molecule has 576 valence electrons. The van der Waals surface area contributed by atoms with Crippen LogP contribution in [0.3, 0.4) is 0 Å². The van der Waals surface area contributed by atoms with Crippen LogP contribution in [0.15, 0.2) is 0 Å². The number of carbonyl (C=O) groups is 4. The van der Waals surface area contributed by atoms with Gasteiger partial charge in [0.1, 0.15) is 19.3 Å². The summed E-state index contributed by atoms with van der Waals surface area (Å²) in [6, 6.07) is 0. The van der Waals surface area contributed by atoms with Crippen molar-refractivity contribution in [3.05, 3.63) is 0 Å². The van der Waals surface area contributed by atoms with Gasteiger partial charge in [0.25, 0.3) is 0 Å². The SMILES string of the molecule is CCCCCCCCCCCCCCCCCCCCCCCCC(=O)O[C@H](COC(=O)CCCCCCCCCCCCCCCCCCC(C)C)COP(=O)(O)OC[C@@H](O)COP(=O)(O)OC[C@@H](COC(=O)CCCCCCC)OC(=O)CCCCCCCCCCCCC. The van der Waals surface area contributed by atoms with Crippen molar-refractivity contribution < 1.29 is 80.2 Å². The molecule has 0 rings (SSSR count). The van der Waals surface area contributed by atoms with Gasteiger partial charge < -0.3 is 33.8 Å². The Morgan fingerprint density at radius 2 is 0.474 bits per heavy atom. The van der Waals surface area contributed by atoms with Gasteiger partial charge >= 0.3 is 39.5 Å². The molecule has 0 saturated carbocycles. The smallest absolute Gasteiger partial charge is 0.462 e. The van der Waals surface area contributed by atoms with Crippen LogP contribution in [0.2, 0.25) is 0 Å². The van der Waals surface area contributed by atoms with Crippen LogP contribution in [0, 0.1) is 5.92 Å². The number of rotatable bonds is 78. The summed E-state index contributed by atoms with van der Waals surface area (Å²) in [7, 11) is -9.90. The molecule has 0 aromatic heterocycles. The van der Waals surface area contributed by atoms with E-state index in [9.17, 15) is 43.2 Å². The van der Waals surface area contributed by atoms with Crippen LogP contribution >= 0.6 is 15.6 Å². The molecular weight excluding hydrogens is 1270 g/mol. The Hall–Kier alpha value is -1.94. The van der Waals surface area contributed by atoms with Gasteiger partial charge in [0.15, 0.2) is 12.2 Å². The molecule has 3 N–H and O–H groups in total. The summed E-state index contributed by atoms with van der Waals surface area (Å²) in [6.07, 6.45) is 61.7. The van der Waals surface area contributed by atoms with E-state index in [0.29, 0.717) is 25.7 Å². The van der Waals surface area contributed by atoms with E-state index in [1.165, 1.54) is 231 Å². The van der Waals surface area contributed by atoms with Gasteiger partial charge in [0.2, 0.25) is 0 Å². The Balaban J connectivity index is 5.10. The van der Waals surface area contributed by atoms with Crippen LogP contribution in [-0.4, -0.2) is 96.7 Å². The van der Waals surface area contributed by atoms with Gasteiger partial charge in [0.05, 0.1) is 26.4 Å². The van der Waals surface area contributed by atoms with Crippen LogP contribution in [0.1, 0.15) is 413 Å². The van der Waals surface area contributed by atoms with Crippen LogP contribution < -0.4 is 0 Å². The minimum Gasteiger partial charge on any atom is -0.462 e. The zero-order valence-electron chi connectivity index (χ0n) is 63.2. The second kappa shape index (κ2) is 71.1. The summed E-state index contributed by atoms with van der Waals surface area (Å²) in [5.41, 5.74) is 0. The number of hydrogen-bond donors (Lipinski definition) is 3. The van der Waals surface area contributed by atoms with E-state index in [0.717, 1.165) is 102 Å². The fraction of sp³-hybridized carbons (Fsp3) is 0.949. The monoisotopic (exact) mass is 1420 g/mol. The normalized spacial score (nSPS) is 13.9. The van der Waals surface area contributed by atoms with E-state index >= 15 is 0 Å². The van der Waals surface area contributed by atoms with Crippen molar-refractivity contribution in [3.8, 4) is 0 Å². The van der Waals surface area contributed by atoms with E-state index in [1.807, 2.05) is 0 Å². The lowest BCUT2D eigenvalue weighted by atomic mass is 10.0. The fourth-order valence-electron chi connectivity index (χ4n) is 12.1. The number of aliphatic hydroxyl groups is 1. The average molecular weight is 1420 g/mol. The molecule has 0 aromatic rings. The zero-order chi connectivity index (χ0) is 71.2. The minimum atomic E-state index is -4.96. The highest BCUT2D eigenvalue weighted by Gasteiger charge is 2.30. The van der Waals surface area contributed by atoms with Crippen molar-refractivity contribution in [1.29, 1.82) is 0 Å². The van der Waals surface area contributed by atoms with Crippen molar-refractivity contribution in [2.45, 2.75) is 432 Å². The minimum absolute atomic E-state index is 0.106. The van der Waals surface area contributed by atoms with Crippen molar-refractivity contribution in [2.24, 2.45) is 5.92 Å². The van der Waals surface area contributed by atoms with E-state index in [4.69, 9.17) is 37.0 Å². The number of aliphatic hydroxyl groups excluding tert-OH is 1. The zero-order valence-corrected chi connectivity index (χ0v) is 65.0. The molecule has 2 unspecified atom stereocenters. The maximum atomic E-state index is 13.1. The Morgan fingerprint density at radius 3 is 0.701 bits per heavy atom. The van der Waals surface area contributed by atoms with Crippen LogP contribution in [-0.2, 0) is 65.4 Å². The standard InChI is InChI=1S/C78H152O17P2/c1-6-9-12-15-17-19-21-22-23-24-25-26-27-28-29-34-37-41-45-49-54-59-64-78(83)95-74(68-89-76(81)62-57-52-47-43-40-36-33-31-30-32-35-39-42-46-51-55-60-71(4)5)70-93-97(86,87)91-66-72(79)65-90-96(84,85)92-69-73(67-88-75(80)61-56-50-14-11-8-3)94-77(82)63-58-53-48-44-38-20-18-16-13-10-7-2/h71-74,79H,6-70H2,1-5H3,(H,84,85)(H,86,87)/t72-,73+,74+/m0/s1. The van der Waals surface area contributed by atoms with Crippen molar-refractivity contribution in [3.63, 3.8) is 0 Å². The third kappa shape index (κ3) is 72.2. The fourth-order valence-corrected chi connectivity index (χ4v) is 13.6. The summed E-state index contributed by atoms with van der Waals surface area (Å²) >= 11 is 0. The van der Waals surface area contributed by atoms with Gasteiger partial charge in [0, 0.05) is 25.7 Å². The number of carbonyl (C=O) groups excluding carboxylic acids is 4. The van der Waals surface area contributed by atoms with Gasteiger partial charge in [-0.3, -0.25) is 37.3 Å². The third-order valence-electron chi connectivity index (χ3n) is 18.3. The largest absolute Gasteiger partial charge is 0.472 e. The molecule has 17 nitrogen and oxygen atoms in total. The molecule has 0 aliphatic carbocycles. The maximum absolute atomic E-state index is 13.1. The van der Waals surface area contributed by atoms with E-state index in [2.05, 4.69) is 34.6 Å². The molecule has 0 aromatic carbocycles. The molecule has 0 bridgehead atoms. The Kier molecular flexibility index (Phi) is 69.6. The molecule has 0 aliphatic heterocycles. The maximum Gasteiger partial charge on any atom is 0.472 e. The van der Waals surface area contributed by atoms with Crippen molar-refractivity contribution in [1.82, 2.24) is 0 Å². The molecule has 5 atom stereocenters. The lowest BCUT2D eigenvalue weighted by Gasteiger charge is -2.21. The Bertz CT molecular complexity index is 1860. The second-order valence-corrected chi connectivity index (χ2v) is 31.5. The lowest BCUT2D eigenvalue weighted by molar-refractivity contribution is -0.161. The highest BCUT2D eigenvalue weighted by molar-refractivity contribution is 7.47. The highest BCUT2D eigenvalue weighted by Crippen LogP contribution is 2.45. The average Bonchev–Trinajstić information content (AvgIpc) is 2.02. The number of phosphoric ester groups is 2. The summed E-state index contributed by atoms with van der Waals surface area (Å²) in [5, 5.41) is 10.6. The molecule has 0 heterocycles. The van der Waals surface area contributed by atoms with Crippen molar-refractivity contribution >= 4 is 39.5 Å². The Morgan fingerprint density at radius 1 is 0.278 bits per heavy atom. The number of unbranched alkanes of at least 4 members (excludes halogenated alkanes) is 50. The van der Waals surface area contributed by atoms with E-state index in [1.54, 1.807) is 0 Å². The molecule has 0 fully saturated rings. The van der Waals surface area contributed by atoms with Crippen molar-refractivity contribution in [2.75, 3.05) is 39.6 Å². The summed E-state index contributed by atoms with van der Waals surface area (Å²) in [4.78, 5) is 72.5. The van der Waals surface area contributed by atoms with E-state index in [-0.39, 0.29) is 25.7 Å². The molecule has 0 spiro atoms. The molecule has 19 heteroatoms. The van der Waals surface area contributed by atoms with Gasteiger partial charge in [-0.15, -0.1) is 0 Å². The van der Waals surface area contributed by atoms with Gasteiger partial charge in [-0.1, -0.05) is 362 Å².